The van der Waals surface area contributed by atoms with E-state index in [2.05, 4.69) is 5.32 Å². The van der Waals surface area contributed by atoms with Crippen molar-refractivity contribution in [1.82, 2.24) is 4.72 Å². The van der Waals surface area contributed by atoms with E-state index in [4.69, 9.17) is 5.73 Å². The van der Waals surface area contributed by atoms with Crippen molar-refractivity contribution >= 4 is 31.5 Å². The molecule has 0 saturated heterocycles. The maximum atomic E-state index is 12.3. The number of hydrogen-bond acceptors (Lipinski definition) is 6. The highest BCUT2D eigenvalue weighted by Crippen LogP contribution is 2.33. The molecule has 1 aliphatic rings. The number of amides is 1. The van der Waals surface area contributed by atoms with Gasteiger partial charge < -0.3 is 11.1 Å². The van der Waals surface area contributed by atoms with Gasteiger partial charge in [-0.25, -0.2) is 16.8 Å². The summed E-state index contributed by atoms with van der Waals surface area (Å²) in [6.07, 6.45) is 0.827. The zero-order chi connectivity index (χ0) is 15.1. The summed E-state index contributed by atoms with van der Waals surface area (Å²) in [6.45, 7) is 0. The molecule has 10 heteroatoms. The van der Waals surface area contributed by atoms with Crippen LogP contribution in [0.25, 0.3) is 0 Å². The van der Waals surface area contributed by atoms with Crippen LogP contribution in [-0.2, 0) is 24.7 Å². The van der Waals surface area contributed by atoms with Crippen LogP contribution >= 0.6 is 0 Å². The van der Waals surface area contributed by atoms with Crippen LogP contribution in [0.4, 0.5) is 5.69 Å². The van der Waals surface area contributed by atoms with Gasteiger partial charge in [0, 0.05) is 0 Å². The van der Waals surface area contributed by atoms with Gasteiger partial charge in [-0.2, -0.15) is 0 Å². The number of hydrogen-bond donors (Lipinski definition) is 3. The molecule has 4 N–H and O–H groups in total. The fourth-order valence-electron chi connectivity index (χ4n) is 1.75. The van der Waals surface area contributed by atoms with Crippen LogP contribution in [0.1, 0.15) is 0 Å². The number of nitrogens with two attached hydrogens (primary N) is 1. The molecule has 1 aliphatic heterocycles. The minimum atomic E-state index is -4.19. The largest absolute Gasteiger partial charge is 0.365 e. The number of sulfone groups is 1. The number of carbonyl (C=O) groups excluding carboxylic acids is 1. The summed E-state index contributed by atoms with van der Waals surface area (Å²) in [5.41, 5.74) is 5.21. The van der Waals surface area contributed by atoms with Crippen LogP contribution in [0.5, 0.6) is 0 Å². The predicted molar refractivity (Wildman–Crippen MR) is 71.5 cm³/mol. The lowest BCUT2D eigenvalue weighted by molar-refractivity contribution is -0.114. The van der Waals surface area contributed by atoms with E-state index in [0.29, 0.717) is 0 Å². The molecular formula is C10H11N3O5S2. The topological polar surface area (TPSA) is 135 Å². The van der Waals surface area contributed by atoms with Crippen molar-refractivity contribution in [2.75, 3.05) is 11.6 Å². The van der Waals surface area contributed by atoms with Crippen LogP contribution in [0, 0.1) is 0 Å². The number of para-hydroxylation sites is 1. The molecule has 108 valence electrons. The van der Waals surface area contributed by atoms with Crippen molar-refractivity contribution < 1.29 is 21.6 Å². The van der Waals surface area contributed by atoms with Crippen molar-refractivity contribution in [1.29, 1.82) is 0 Å². The summed E-state index contributed by atoms with van der Waals surface area (Å²) in [7, 11) is -7.97. The number of sulfonamides is 1. The number of primary amides is 1. The van der Waals surface area contributed by atoms with E-state index in [1.165, 1.54) is 18.2 Å². The smallest absolute Gasteiger partial charge is 0.264 e. The van der Waals surface area contributed by atoms with E-state index in [1.54, 1.807) is 6.07 Å². The second kappa shape index (κ2) is 4.49. The molecule has 1 amide bonds. The molecule has 8 nitrogen and oxygen atoms in total. The molecule has 0 fully saturated rings. The molecular weight excluding hydrogens is 306 g/mol. The van der Waals surface area contributed by atoms with E-state index in [-0.39, 0.29) is 10.6 Å². The van der Waals surface area contributed by atoms with Gasteiger partial charge in [0.25, 0.3) is 5.91 Å². The van der Waals surface area contributed by atoms with Gasteiger partial charge in [-0.1, -0.05) is 12.1 Å². The summed E-state index contributed by atoms with van der Waals surface area (Å²) in [6, 6.07) is 5.77. The van der Waals surface area contributed by atoms with E-state index in [1.807, 2.05) is 4.72 Å². The van der Waals surface area contributed by atoms with Crippen LogP contribution in [0.15, 0.2) is 39.9 Å². The monoisotopic (exact) mass is 317 g/mol. The molecule has 0 saturated carbocycles. The van der Waals surface area contributed by atoms with Gasteiger partial charge in [0.2, 0.25) is 19.9 Å². The first-order valence-electron chi connectivity index (χ1n) is 5.26. The Morgan fingerprint density at radius 2 is 1.90 bits per heavy atom. The quantitative estimate of drug-likeness (QED) is 0.660. The molecule has 0 aliphatic carbocycles. The van der Waals surface area contributed by atoms with Crippen molar-refractivity contribution in [3.05, 3.63) is 35.0 Å². The van der Waals surface area contributed by atoms with Gasteiger partial charge >= 0.3 is 0 Å². The van der Waals surface area contributed by atoms with Crippen molar-refractivity contribution in [2.45, 2.75) is 4.90 Å². The van der Waals surface area contributed by atoms with Gasteiger partial charge in [-0.3, -0.25) is 9.52 Å². The minimum Gasteiger partial charge on any atom is -0.365 e. The third-order valence-electron chi connectivity index (χ3n) is 2.44. The van der Waals surface area contributed by atoms with Crippen molar-refractivity contribution in [2.24, 2.45) is 5.73 Å². The molecule has 20 heavy (non-hydrogen) atoms. The first-order valence-corrected chi connectivity index (χ1v) is 8.63. The number of benzene rings is 1. The van der Waals surface area contributed by atoms with Crippen LogP contribution < -0.4 is 15.8 Å². The molecule has 2 rings (SSSR count). The van der Waals surface area contributed by atoms with Crippen molar-refractivity contribution in [3.63, 3.8) is 0 Å². The van der Waals surface area contributed by atoms with E-state index >= 15 is 0 Å². The Hall–Kier alpha value is -2.07. The Kier molecular flexibility index (Phi) is 3.22. The van der Waals surface area contributed by atoms with E-state index < -0.39 is 36.5 Å². The second-order valence-electron chi connectivity index (χ2n) is 4.07. The van der Waals surface area contributed by atoms with Crippen LogP contribution in [0.2, 0.25) is 0 Å². The number of nitrogens with one attached hydrogen (secondary N) is 2. The van der Waals surface area contributed by atoms with Crippen LogP contribution in [0.3, 0.4) is 0 Å². The Bertz CT molecular complexity index is 824. The Morgan fingerprint density at radius 3 is 2.45 bits per heavy atom. The first kappa shape index (κ1) is 14.3. The lowest BCUT2D eigenvalue weighted by Gasteiger charge is -2.23. The number of anilines is 1. The average molecular weight is 317 g/mol. The predicted octanol–water partition coefficient (Wildman–Crippen LogP) is -0.911. The number of carbonyl (C=O) groups is 1. The first-order chi connectivity index (χ1) is 9.13. The Labute approximate surface area is 115 Å². The molecule has 1 aromatic rings. The summed E-state index contributed by atoms with van der Waals surface area (Å²) in [5.74, 6) is -1.73. The summed E-state index contributed by atoms with van der Waals surface area (Å²) >= 11 is 0. The molecule has 0 bridgehead atoms. The number of fused-ring (bicyclic) bond motifs is 1. The lowest BCUT2D eigenvalue weighted by atomic mass is 10.3. The molecule has 0 radical (unpaired) electrons. The van der Waals surface area contributed by atoms with E-state index in [9.17, 15) is 21.6 Å². The van der Waals surface area contributed by atoms with Gasteiger partial charge in [-0.15, -0.1) is 0 Å². The Balaban J connectivity index is 2.73. The molecule has 1 heterocycles. The minimum absolute atomic E-state index is 0.146. The summed E-state index contributed by atoms with van der Waals surface area (Å²) in [4.78, 5) is 10.4. The molecule has 0 unspecified atom stereocenters. The van der Waals surface area contributed by atoms with E-state index in [0.717, 1.165) is 6.26 Å². The normalized spacial score (nSPS) is 17.1. The highest BCUT2D eigenvalue weighted by Gasteiger charge is 2.36. The maximum Gasteiger partial charge on any atom is 0.264 e. The SMILES string of the molecule is CS(=O)(=O)NC1=C(C(N)=O)S(=O)(=O)c2ccccc2N1. The van der Waals surface area contributed by atoms with Gasteiger partial charge in [0.1, 0.15) is 5.82 Å². The summed E-state index contributed by atoms with van der Waals surface area (Å²) in [5, 5.41) is 2.55. The van der Waals surface area contributed by atoms with Crippen molar-refractivity contribution in [3.8, 4) is 0 Å². The number of rotatable bonds is 3. The second-order valence-corrected chi connectivity index (χ2v) is 7.67. The van der Waals surface area contributed by atoms with Gasteiger partial charge in [-0.05, 0) is 12.1 Å². The fourth-order valence-corrected chi connectivity index (χ4v) is 3.86. The third kappa shape index (κ3) is 2.47. The molecule has 0 spiro atoms. The molecule has 1 aromatic carbocycles. The summed E-state index contributed by atoms with van der Waals surface area (Å²) < 4.78 is 49.1. The standard InChI is InChI=1S/C10H11N3O5S2/c1-19(15,16)13-10-8(9(11)14)20(17,18)7-5-3-2-4-6(7)12-10/h2-5,12-13H,1H3,(H2,11,14). The molecule has 0 aromatic heterocycles. The zero-order valence-corrected chi connectivity index (χ0v) is 11.9. The maximum absolute atomic E-state index is 12.3. The highest BCUT2D eigenvalue weighted by atomic mass is 32.2. The van der Waals surface area contributed by atoms with Gasteiger partial charge in [0.15, 0.2) is 4.91 Å². The highest BCUT2D eigenvalue weighted by molar-refractivity contribution is 7.96. The average Bonchev–Trinajstić information content (AvgIpc) is 2.25. The van der Waals surface area contributed by atoms with Crippen LogP contribution in [-0.4, -0.2) is 29.0 Å². The Morgan fingerprint density at radius 1 is 1.30 bits per heavy atom. The van der Waals surface area contributed by atoms with Gasteiger partial charge in [0.05, 0.1) is 16.8 Å². The lowest BCUT2D eigenvalue weighted by Crippen LogP contribution is -2.36. The molecule has 0 atom stereocenters. The fraction of sp³-hybridized carbons (Fsp3) is 0.100. The zero-order valence-electron chi connectivity index (χ0n) is 10.2. The third-order valence-corrected chi connectivity index (χ3v) is 4.90.